The summed E-state index contributed by atoms with van der Waals surface area (Å²) in [6.45, 7) is 0. The molecule has 100 valence electrons. The Hall–Kier alpha value is -1.34. The van der Waals surface area contributed by atoms with E-state index in [2.05, 4.69) is 25.6 Å². The van der Waals surface area contributed by atoms with Gasteiger partial charge in [-0.2, -0.15) is 0 Å². The van der Waals surface area contributed by atoms with Crippen molar-refractivity contribution in [3.8, 4) is 5.88 Å². The monoisotopic (exact) mass is 346 g/mol. The molecule has 1 heterocycles. The van der Waals surface area contributed by atoms with Crippen LogP contribution in [0.2, 0.25) is 0 Å². The van der Waals surface area contributed by atoms with Gasteiger partial charge in [-0.3, -0.25) is 0 Å². The molecule has 0 unspecified atom stereocenters. The largest absolute Gasteiger partial charge is 0.480 e. The van der Waals surface area contributed by atoms with Crippen LogP contribution in [0.15, 0.2) is 39.8 Å². The first-order valence-corrected chi connectivity index (χ1v) is 6.78. The molecule has 2 aromatic rings. The van der Waals surface area contributed by atoms with Gasteiger partial charge in [0.1, 0.15) is 17.3 Å². The van der Waals surface area contributed by atoms with Gasteiger partial charge >= 0.3 is 0 Å². The van der Waals surface area contributed by atoms with Crippen molar-refractivity contribution in [3.05, 3.63) is 46.6 Å². The number of aromatic nitrogens is 1. The summed E-state index contributed by atoms with van der Waals surface area (Å²) < 4.78 is 35.0. The lowest BCUT2D eigenvalue weighted by Crippen LogP contribution is -1.96. The highest BCUT2D eigenvalue weighted by Gasteiger charge is 2.08. The summed E-state index contributed by atoms with van der Waals surface area (Å²) in [5.41, 5.74) is 0.589. The molecule has 0 atom stereocenters. The van der Waals surface area contributed by atoms with Gasteiger partial charge in [-0.05, 0) is 46.1 Å². The van der Waals surface area contributed by atoms with Crippen LogP contribution in [0.25, 0.3) is 0 Å². The van der Waals surface area contributed by atoms with Crippen LogP contribution in [0, 0.1) is 11.6 Å². The third-order valence-electron chi connectivity index (χ3n) is 2.18. The Balaban J connectivity index is 2.16. The van der Waals surface area contributed by atoms with E-state index >= 15 is 0 Å². The Labute approximate surface area is 121 Å². The fourth-order valence-electron chi connectivity index (χ4n) is 1.33. The van der Waals surface area contributed by atoms with Crippen LogP contribution < -0.4 is 9.46 Å². The summed E-state index contributed by atoms with van der Waals surface area (Å²) in [6.07, 6.45) is 1.59. The van der Waals surface area contributed by atoms with Crippen LogP contribution in [0.3, 0.4) is 0 Å². The van der Waals surface area contributed by atoms with Gasteiger partial charge in [0, 0.05) is 16.7 Å². The predicted molar refractivity (Wildman–Crippen MR) is 74.3 cm³/mol. The van der Waals surface area contributed by atoms with Crippen molar-refractivity contribution in [2.45, 2.75) is 4.90 Å². The van der Waals surface area contributed by atoms with Gasteiger partial charge in [-0.25, -0.2) is 13.8 Å². The maximum absolute atomic E-state index is 13.5. The molecule has 0 spiro atoms. The number of halogens is 3. The van der Waals surface area contributed by atoms with E-state index in [9.17, 15) is 8.78 Å². The van der Waals surface area contributed by atoms with Gasteiger partial charge in [-0.1, -0.05) is 0 Å². The smallest absolute Gasteiger partial charge is 0.238 e. The first-order valence-electron chi connectivity index (χ1n) is 5.17. The molecule has 1 aromatic carbocycles. The lowest BCUT2D eigenvalue weighted by Gasteiger charge is -2.10. The molecule has 0 radical (unpaired) electrons. The third kappa shape index (κ3) is 3.57. The van der Waals surface area contributed by atoms with E-state index in [1.807, 2.05) is 0 Å². The highest BCUT2D eigenvalue weighted by atomic mass is 79.9. The Morgan fingerprint density at radius 2 is 2.11 bits per heavy atom. The molecule has 19 heavy (non-hydrogen) atoms. The van der Waals surface area contributed by atoms with Crippen molar-refractivity contribution in [2.75, 3.05) is 11.8 Å². The number of methoxy groups -OCH3 is 1. The van der Waals surface area contributed by atoms with Gasteiger partial charge in [0.15, 0.2) is 0 Å². The molecule has 0 aliphatic rings. The van der Waals surface area contributed by atoms with Gasteiger partial charge < -0.3 is 9.46 Å². The molecule has 1 aromatic heterocycles. The van der Waals surface area contributed by atoms with Gasteiger partial charge in [-0.15, -0.1) is 0 Å². The zero-order valence-corrected chi connectivity index (χ0v) is 12.2. The van der Waals surface area contributed by atoms with Gasteiger partial charge in [0.05, 0.1) is 12.0 Å². The van der Waals surface area contributed by atoms with Crippen molar-refractivity contribution in [2.24, 2.45) is 0 Å². The molecule has 0 fully saturated rings. The molecule has 2 rings (SSSR count). The summed E-state index contributed by atoms with van der Waals surface area (Å²) in [5, 5.41) is 0. The predicted octanol–water partition coefficient (Wildman–Crippen LogP) is 4.25. The van der Waals surface area contributed by atoms with Crippen molar-refractivity contribution in [1.29, 1.82) is 0 Å². The van der Waals surface area contributed by atoms with Crippen LogP contribution in [-0.2, 0) is 0 Å². The summed E-state index contributed by atoms with van der Waals surface area (Å²) in [4.78, 5) is 4.33. The molecule has 0 saturated carbocycles. The molecule has 0 aliphatic carbocycles. The van der Waals surface area contributed by atoms with E-state index in [0.29, 0.717) is 11.6 Å². The lowest BCUT2D eigenvalue weighted by molar-refractivity contribution is 0.400. The molecule has 3 nitrogen and oxygen atoms in total. The SMILES string of the molecule is COc1ncc(Br)cc1NSc1ccc(F)cc1F. The molecule has 0 saturated heterocycles. The van der Waals surface area contributed by atoms with E-state index in [1.165, 1.54) is 19.2 Å². The zero-order chi connectivity index (χ0) is 13.8. The highest BCUT2D eigenvalue weighted by molar-refractivity contribution is 9.10. The molecular formula is C12H9BrF2N2OS. The second kappa shape index (κ2) is 6.21. The first-order chi connectivity index (χ1) is 9.10. The van der Waals surface area contributed by atoms with Crippen LogP contribution in [0.1, 0.15) is 0 Å². The van der Waals surface area contributed by atoms with E-state index in [4.69, 9.17) is 4.74 Å². The van der Waals surface area contributed by atoms with Gasteiger partial charge in [0.2, 0.25) is 5.88 Å². The number of ether oxygens (including phenoxy) is 1. The molecule has 7 heteroatoms. The minimum absolute atomic E-state index is 0.281. The fourth-order valence-corrected chi connectivity index (χ4v) is 2.32. The Kier molecular flexibility index (Phi) is 4.60. The first kappa shape index (κ1) is 14.1. The maximum atomic E-state index is 13.5. The van der Waals surface area contributed by atoms with Crippen LogP contribution in [0.4, 0.5) is 14.5 Å². The van der Waals surface area contributed by atoms with Crippen LogP contribution in [0.5, 0.6) is 5.88 Å². The van der Waals surface area contributed by atoms with Gasteiger partial charge in [0.25, 0.3) is 0 Å². The summed E-state index contributed by atoms with van der Waals surface area (Å²) in [5.74, 6) is -0.846. The Morgan fingerprint density at radius 3 is 2.79 bits per heavy atom. The standard InChI is InChI=1S/C12H9BrF2N2OS/c1-18-12-10(4-7(13)6-16-12)17-19-11-3-2-8(14)5-9(11)15/h2-6,17H,1H3. The van der Waals surface area contributed by atoms with Crippen LogP contribution in [-0.4, -0.2) is 12.1 Å². The number of hydrogen-bond donors (Lipinski definition) is 1. The minimum Gasteiger partial charge on any atom is -0.480 e. The van der Waals surface area contributed by atoms with E-state index < -0.39 is 11.6 Å². The number of nitrogens with zero attached hydrogens (tertiary/aromatic N) is 1. The fraction of sp³-hybridized carbons (Fsp3) is 0.0833. The molecule has 1 N–H and O–H groups in total. The average molecular weight is 347 g/mol. The zero-order valence-electron chi connectivity index (χ0n) is 9.78. The second-order valence-electron chi connectivity index (χ2n) is 3.49. The number of benzene rings is 1. The molecular weight excluding hydrogens is 338 g/mol. The van der Waals surface area contributed by atoms with E-state index in [-0.39, 0.29) is 4.90 Å². The van der Waals surface area contributed by atoms with Crippen molar-refractivity contribution in [1.82, 2.24) is 4.98 Å². The van der Waals surface area contributed by atoms with Crippen molar-refractivity contribution < 1.29 is 13.5 Å². The number of rotatable bonds is 4. The third-order valence-corrected chi connectivity index (χ3v) is 3.48. The minimum atomic E-state index is -0.626. The Morgan fingerprint density at radius 1 is 1.32 bits per heavy atom. The normalized spacial score (nSPS) is 10.3. The quantitative estimate of drug-likeness (QED) is 0.839. The van der Waals surface area contributed by atoms with E-state index in [1.54, 1.807) is 12.3 Å². The van der Waals surface area contributed by atoms with Crippen molar-refractivity contribution >= 4 is 33.6 Å². The number of pyridine rings is 1. The molecule has 0 aliphatic heterocycles. The highest BCUT2D eigenvalue weighted by Crippen LogP contribution is 2.30. The topological polar surface area (TPSA) is 34.1 Å². The number of hydrogen-bond acceptors (Lipinski definition) is 4. The average Bonchev–Trinajstić information content (AvgIpc) is 2.38. The number of nitrogens with one attached hydrogen (secondary N) is 1. The summed E-state index contributed by atoms with van der Waals surface area (Å²) in [6, 6.07) is 5.14. The van der Waals surface area contributed by atoms with Crippen LogP contribution >= 0.6 is 27.9 Å². The Bertz CT molecular complexity index is 598. The van der Waals surface area contributed by atoms with E-state index in [0.717, 1.165) is 22.5 Å². The summed E-state index contributed by atoms with van der Waals surface area (Å²) >= 11 is 4.30. The maximum Gasteiger partial charge on any atom is 0.238 e. The number of anilines is 1. The summed E-state index contributed by atoms with van der Waals surface area (Å²) in [7, 11) is 1.49. The lowest BCUT2D eigenvalue weighted by atomic mass is 10.3. The molecule has 0 amide bonds. The van der Waals surface area contributed by atoms with Crippen molar-refractivity contribution in [3.63, 3.8) is 0 Å². The second-order valence-corrected chi connectivity index (χ2v) is 5.25. The molecule has 0 bridgehead atoms.